The molecule has 1 aliphatic heterocycles. The van der Waals surface area contributed by atoms with E-state index in [1.54, 1.807) is 126 Å². The van der Waals surface area contributed by atoms with Gasteiger partial charge in [0.1, 0.15) is 34.2 Å². The van der Waals surface area contributed by atoms with E-state index in [0.29, 0.717) is 37.4 Å². The van der Waals surface area contributed by atoms with Crippen LogP contribution in [0.2, 0.25) is 0 Å². The Morgan fingerprint density at radius 1 is 0.703 bits per heavy atom. The minimum absolute atomic E-state index is 0.0288. The number of rotatable bonds is 15. The van der Waals surface area contributed by atoms with Crippen molar-refractivity contribution in [3.63, 3.8) is 0 Å². The smallest absolute Gasteiger partial charge is 0.417 e. The first kappa shape index (κ1) is 52.1. The maximum absolute atomic E-state index is 13.5. The molecule has 1 atom stereocenters. The van der Waals surface area contributed by atoms with Gasteiger partial charge in [-0.05, 0) is 132 Å². The van der Waals surface area contributed by atoms with Gasteiger partial charge in [0.2, 0.25) is 17.8 Å². The molecule has 1 heterocycles. The summed E-state index contributed by atoms with van der Waals surface area (Å²) in [4.78, 5) is 98.6. The quantitative estimate of drug-likeness (QED) is 0.0679. The summed E-state index contributed by atoms with van der Waals surface area (Å²) in [6.45, 7) is 21.8. The van der Waals surface area contributed by atoms with Gasteiger partial charge in [-0.2, -0.15) is 0 Å². The lowest BCUT2D eigenvalue weighted by molar-refractivity contribution is -0.156. The summed E-state index contributed by atoms with van der Waals surface area (Å²) in [5.74, 6) is -2.02. The molecule has 2 aromatic rings. The maximum atomic E-state index is 13.5. The number of carbonyl (C=O) groups excluding carboxylic acids is 7. The highest BCUT2D eigenvalue weighted by molar-refractivity contribution is 6.04. The third-order valence-electron chi connectivity index (χ3n) is 8.27. The lowest BCUT2D eigenvalue weighted by atomic mass is 10.1. The summed E-state index contributed by atoms with van der Waals surface area (Å²) in [7, 11) is 0. The van der Waals surface area contributed by atoms with Gasteiger partial charge in [0.25, 0.3) is 0 Å². The van der Waals surface area contributed by atoms with Crippen molar-refractivity contribution in [1.82, 2.24) is 20.4 Å². The van der Waals surface area contributed by atoms with Crippen molar-refractivity contribution >= 4 is 59.2 Å². The number of aliphatic imine (C=N–C) groups is 1. The van der Waals surface area contributed by atoms with Gasteiger partial charge in [0.05, 0.1) is 18.7 Å². The third kappa shape index (κ3) is 19.5. The number of anilines is 1. The second kappa shape index (κ2) is 22.4. The summed E-state index contributed by atoms with van der Waals surface area (Å²) < 4.78 is 27.6. The summed E-state index contributed by atoms with van der Waals surface area (Å²) in [5.41, 5.74) is -2.30. The average Bonchev–Trinajstić information content (AvgIpc) is 3.14. The van der Waals surface area contributed by atoms with Crippen LogP contribution in [0.5, 0.6) is 5.75 Å². The highest BCUT2D eigenvalue weighted by Gasteiger charge is 2.37. The molecule has 1 fully saturated rings. The van der Waals surface area contributed by atoms with Gasteiger partial charge >= 0.3 is 24.2 Å². The number of ether oxygens (including phenoxy) is 5. The van der Waals surface area contributed by atoms with E-state index in [9.17, 15) is 33.6 Å². The van der Waals surface area contributed by atoms with Crippen molar-refractivity contribution in [3.05, 3.63) is 54.1 Å². The van der Waals surface area contributed by atoms with Crippen LogP contribution in [0.4, 0.5) is 25.8 Å². The first-order chi connectivity index (χ1) is 29.6. The molecule has 352 valence electrons. The van der Waals surface area contributed by atoms with Crippen molar-refractivity contribution in [3.8, 4) is 5.75 Å². The predicted octanol–water partition coefficient (Wildman–Crippen LogP) is 7.66. The number of amides is 5. The van der Waals surface area contributed by atoms with Gasteiger partial charge < -0.3 is 39.6 Å². The highest BCUT2D eigenvalue weighted by atomic mass is 16.6. The van der Waals surface area contributed by atoms with Gasteiger partial charge in [0.15, 0.2) is 5.78 Å². The highest BCUT2D eigenvalue weighted by Crippen LogP contribution is 2.24. The Labute approximate surface area is 376 Å². The second-order valence-electron chi connectivity index (χ2n) is 19.1. The number of alkyl carbamates (subject to hydrolysis) is 1. The molecule has 0 bridgehead atoms. The molecule has 5 amide bonds. The zero-order chi connectivity index (χ0) is 48.0. The fourth-order valence-corrected chi connectivity index (χ4v) is 5.73. The van der Waals surface area contributed by atoms with E-state index in [4.69, 9.17) is 23.7 Å². The second-order valence-corrected chi connectivity index (χ2v) is 19.1. The number of esters is 1. The fourth-order valence-electron chi connectivity index (χ4n) is 5.73. The lowest BCUT2D eigenvalue weighted by Gasteiger charge is -2.37. The van der Waals surface area contributed by atoms with E-state index in [1.165, 1.54) is 15.9 Å². The number of benzene rings is 2. The van der Waals surface area contributed by atoms with Crippen LogP contribution >= 0.6 is 0 Å². The molecule has 1 saturated heterocycles. The van der Waals surface area contributed by atoms with E-state index in [0.717, 1.165) is 0 Å². The Kier molecular flexibility index (Phi) is 18.3. The Balaban J connectivity index is 1.70. The van der Waals surface area contributed by atoms with Gasteiger partial charge in [-0.25, -0.2) is 29.2 Å². The summed E-state index contributed by atoms with van der Waals surface area (Å²) >= 11 is 0. The Morgan fingerprint density at radius 3 is 1.81 bits per heavy atom. The average molecular weight is 895 g/mol. The number of ketones is 1. The largest absolute Gasteiger partial charge is 0.494 e. The molecular formula is C46H66N6O12. The van der Waals surface area contributed by atoms with Crippen LogP contribution in [0.1, 0.15) is 126 Å². The Morgan fingerprint density at radius 2 is 1.27 bits per heavy atom. The Bertz CT molecular complexity index is 1970. The summed E-state index contributed by atoms with van der Waals surface area (Å²) in [6.07, 6.45) is -2.06. The zero-order valence-electron chi connectivity index (χ0n) is 39.3. The third-order valence-corrected chi connectivity index (χ3v) is 8.27. The van der Waals surface area contributed by atoms with E-state index in [-0.39, 0.29) is 43.1 Å². The molecule has 3 rings (SSSR count). The molecule has 64 heavy (non-hydrogen) atoms. The minimum atomic E-state index is -1.35. The molecule has 0 unspecified atom stereocenters. The number of hydrogen-bond acceptors (Lipinski definition) is 13. The SMILES string of the molecule is CC(C)(C)OC(=O)C[C@H](NC(=O)CCC(=O)c1cccc(N=C2N(C(=O)OC(C)(C)C)CCCN2C(=O)OC(C)(C)C)c1)C(=O)Nc1ccc(OCCCNC(=O)OC(C)(C)C)cc1. The topological polar surface area (TPSA) is 221 Å². The van der Waals surface area contributed by atoms with Crippen LogP contribution < -0.4 is 20.7 Å². The van der Waals surface area contributed by atoms with Gasteiger partial charge in [-0.3, -0.25) is 19.2 Å². The van der Waals surface area contributed by atoms with Crippen molar-refractivity contribution in [2.45, 2.75) is 144 Å². The molecule has 0 spiro atoms. The van der Waals surface area contributed by atoms with Crippen molar-refractivity contribution in [2.75, 3.05) is 31.6 Å². The molecule has 0 aromatic heterocycles. The zero-order valence-corrected chi connectivity index (χ0v) is 39.3. The summed E-state index contributed by atoms with van der Waals surface area (Å²) in [6, 6.07) is 11.3. The van der Waals surface area contributed by atoms with Crippen LogP contribution in [-0.4, -0.2) is 112 Å². The van der Waals surface area contributed by atoms with Crippen LogP contribution in [-0.2, 0) is 33.3 Å². The molecule has 18 heteroatoms. The molecule has 3 N–H and O–H groups in total. The van der Waals surface area contributed by atoms with Crippen LogP contribution in [0.15, 0.2) is 53.5 Å². The first-order valence-corrected chi connectivity index (χ1v) is 21.3. The monoisotopic (exact) mass is 894 g/mol. The number of nitrogens with one attached hydrogen (secondary N) is 3. The van der Waals surface area contributed by atoms with Crippen LogP contribution in [0.25, 0.3) is 0 Å². The van der Waals surface area contributed by atoms with Crippen LogP contribution in [0, 0.1) is 0 Å². The minimum Gasteiger partial charge on any atom is -0.494 e. The van der Waals surface area contributed by atoms with E-state index < -0.39 is 76.7 Å². The first-order valence-electron chi connectivity index (χ1n) is 21.3. The number of nitrogens with zero attached hydrogens (tertiary/aromatic N) is 3. The molecule has 18 nitrogen and oxygen atoms in total. The predicted molar refractivity (Wildman–Crippen MR) is 239 cm³/mol. The normalized spacial score (nSPS) is 13.8. The lowest BCUT2D eigenvalue weighted by Crippen LogP contribution is -2.56. The number of carbonyl (C=O) groups is 7. The molecule has 0 aliphatic carbocycles. The maximum Gasteiger partial charge on any atom is 0.417 e. The summed E-state index contributed by atoms with van der Waals surface area (Å²) in [5, 5.41) is 7.93. The van der Waals surface area contributed by atoms with Gasteiger partial charge in [-0.15, -0.1) is 0 Å². The van der Waals surface area contributed by atoms with E-state index >= 15 is 0 Å². The number of hydrogen-bond donors (Lipinski definition) is 3. The molecule has 2 aromatic carbocycles. The van der Waals surface area contributed by atoms with E-state index in [2.05, 4.69) is 20.9 Å². The fraction of sp³-hybridized carbons (Fsp3) is 0.565. The van der Waals surface area contributed by atoms with E-state index in [1.807, 2.05) is 0 Å². The molecule has 0 radical (unpaired) electrons. The van der Waals surface area contributed by atoms with Crippen molar-refractivity contribution in [1.29, 1.82) is 0 Å². The van der Waals surface area contributed by atoms with Crippen LogP contribution in [0.3, 0.4) is 0 Å². The van der Waals surface area contributed by atoms with Gasteiger partial charge in [-0.1, -0.05) is 12.1 Å². The van der Waals surface area contributed by atoms with Gasteiger partial charge in [0, 0.05) is 43.7 Å². The number of Topliss-reactive ketones (excluding diaryl/α,β-unsaturated/α-hetero) is 1. The van der Waals surface area contributed by atoms with Crippen molar-refractivity contribution < 1.29 is 57.2 Å². The standard InChI is InChI=1S/C46H66N6O12/c1-43(2,3)61-37(55)29-34(38(56)48-31-18-20-33(21-19-31)60-27-14-24-47-40(57)62-44(4,5)6)50-36(54)23-22-35(53)30-16-13-17-32(28-30)49-39-51(41(58)63-45(7,8)9)25-15-26-52(39)42(59)64-46(10,11)12/h13,16-21,28,34H,14-15,22-27,29H2,1-12H3,(H,47,57)(H,48,56)(H,50,54)/t34-/m0/s1. The molecular weight excluding hydrogens is 829 g/mol. The molecule has 1 aliphatic rings. The molecule has 0 saturated carbocycles. The Hall–Kier alpha value is -6.20. The van der Waals surface area contributed by atoms with Crippen molar-refractivity contribution in [2.24, 2.45) is 4.99 Å². The number of guanidine groups is 1.